The summed E-state index contributed by atoms with van der Waals surface area (Å²) in [6, 6.07) is 16.4. The molecule has 2 aromatic carbocycles. The van der Waals surface area contributed by atoms with E-state index in [0.29, 0.717) is 48.8 Å². The van der Waals surface area contributed by atoms with Gasteiger partial charge in [-0.1, -0.05) is 42.0 Å². The molecule has 1 aliphatic heterocycles. The number of carbonyl (C=O) groups excluding carboxylic acids is 1. The minimum atomic E-state index is -0.906. The smallest absolute Gasteiger partial charge is 0.275 e. The summed E-state index contributed by atoms with van der Waals surface area (Å²) in [7, 11) is 0. The van der Waals surface area contributed by atoms with Crippen molar-refractivity contribution in [1.82, 2.24) is 19.2 Å². The number of nitrogens with zero attached hydrogens (tertiary/aromatic N) is 4. The summed E-state index contributed by atoms with van der Waals surface area (Å²) in [5.74, 6) is 0.420. The molecule has 1 fully saturated rings. The van der Waals surface area contributed by atoms with Crippen LogP contribution in [0.2, 0.25) is 0 Å². The fourth-order valence-corrected chi connectivity index (χ4v) is 4.33. The summed E-state index contributed by atoms with van der Waals surface area (Å²) in [6.07, 6.45) is 1.09. The van der Waals surface area contributed by atoms with Crippen LogP contribution in [0.3, 0.4) is 0 Å². The van der Waals surface area contributed by atoms with Crippen LogP contribution >= 0.6 is 0 Å². The Balaban J connectivity index is 1.44. The van der Waals surface area contributed by atoms with Gasteiger partial charge in [0.1, 0.15) is 6.54 Å². The first kappa shape index (κ1) is 22.9. The highest BCUT2D eigenvalue weighted by atomic mass is 16.5. The number of ether oxygens (including phenoxy) is 1. The van der Waals surface area contributed by atoms with Crippen molar-refractivity contribution >= 4 is 17.4 Å². The van der Waals surface area contributed by atoms with Gasteiger partial charge in [0.15, 0.2) is 5.82 Å². The van der Waals surface area contributed by atoms with E-state index in [1.54, 1.807) is 11.5 Å². The van der Waals surface area contributed by atoms with E-state index in [9.17, 15) is 14.7 Å². The molecule has 4 aromatic rings. The topological polar surface area (TPSA) is 111 Å². The molecular weight excluding hydrogens is 446 g/mol. The summed E-state index contributed by atoms with van der Waals surface area (Å²) in [4.78, 5) is 29.9. The average Bonchev–Trinajstić information content (AvgIpc) is 3.30. The summed E-state index contributed by atoms with van der Waals surface area (Å²) in [5, 5.41) is 18.2. The Bertz CT molecular complexity index is 1430. The van der Waals surface area contributed by atoms with Crippen molar-refractivity contribution in [1.29, 1.82) is 0 Å². The summed E-state index contributed by atoms with van der Waals surface area (Å²) >= 11 is 0. The molecule has 0 spiro atoms. The third-order valence-electron chi connectivity index (χ3n) is 6.44. The molecular formula is C26H27N5O4. The number of hydrogen-bond donors (Lipinski definition) is 2. The van der Waals surface area contributed by atoms with Crippen LogP contribution in [-0.2, 0) is 21.7 Å². The second-order valence-electron chi connectivity index (χ2n) is 8.99. The number of anilines is 1. The number of aliphatic hydroxyl groups is 1. The monoisotopic (exact) mass is 473 g/mol. The maximum absolute atomic E-state index is 12.7. The standard InChI is InChI=1S/C26H27N5O4/c1-17-3-9-21(10-4-17)27-22(32)16-30-18(2)15-23(33)31-25(30)28-24(29-31)19-5-7-20(8-6-19)26(34)11-13-35-14-12-26/h3-10,15,34H,11-14,16H2,1-2H3,(H,27,32). The minimum absolute atomic E-state index is 0.0182. The molecule has 1 aliphatic rings. The van der Waals surface area contributed by atoms with E-state index in [2.05, 4.69) is 15.4 Å². The third-order valence-corrected chi connectivity index (χ3v) is 6.44. The zero-order chi connectivity index (χ0) is 24.6. The van der Waals surface area contributed by atoms with Crippen molar-refractivity contribution in [2.24, 2.45) is 0 Å². The fourth-order valence-electron chi connectivity index (χ4n) is 4.33. The van der Waals surface area contributed by atoms with Crippen LogP contribution in [0.5, 0.6) is 0 Å². The lowest BCUT2D eigenvalue weighted by atomic mass is 9.86. The molecule has 5 rings (SSSR count). The van der Waals surface area contributed by atoms with Gasteiger partial charge >= 0.3 is 0 Å². The van der Waals surface area contributed by atoms with Crippen molar-refractivity contribution in [3.8, 4) is 11.4 Å². The van der Waals surface area contributed by atoms with Crippen LogP contribution in [0.25, 0.3) is 17.2 Å². The Morgan fingerprint density at radius 3 is 2.46 bits per heavy atom. The van der Waals surface area contributed by atoms with Crippen molar-refractivity contribution in [3.63, 3.8) is 0 Å². The maximum Gasteiger partial charge on any atom is 0.275 e. The second kappa shape index (κ2) is 9.09. The molecule has 9 nitrogen and oxygen atoms in total. The quantitative estimate of drug-likeness (QED) is 0.461. The van der Waals surface area contributed by atoms with Gasteiger partial charge in [0.25, 0.3) is 5.56 Å². The van der Waals surface area contributed by atoms with Crippen LogP contribution in [-0.4, -0.2) is 43.4 Å². The normalized spacial score (nSPS) is 15.3. The number of hydrogen-bond acceptors (Lipinski definition) is 6. The number of rotatable bonds is 5. The lowest BCUT2D eigenvalue weighted by Crippen LogP contribution is -2.33. The lowest BCUT2D eigenvalue weighted by Gasteiger charge is -2.32. The highest BCUT2D eigenvalue weighted by molar-refractivity contribution is 5.90. The molecule has 1 amide bonds. The highest BCUT2D eigenvalue weighted by Crippen LogP contribution is 2.32. The van der Waals surface area contributed by atoms with Crippen molar-refractivity contribution in [3.05, 3.63) is 81.8 Å². The van der Waals surface area contributed by atoms with Crippen LogP contribution in [0.15, 0.2) is 59.4 Å². The predicted molar refractivity (Wildman–Crippen MR) is 131 cm³/mol. The molecule has 2 N–H and O–H groups in total. The second-order valence-corrected chi connectivity index (χ2v) is 8.99. The van der Waals surface area contributed by atoms with Gasteiger partial charge in [0.05, 0.1) is 5.60 Å². The first-order valence-electron chi connectivity index (χ1n) is 11.6. The van der Waals surface area contributed by atoms with Gasteiger partial charge in [-0.3, -0.25) is 9.59 Å². The molecule has 1 saturated heterocycles. The first-order chi connectivity index (χ1) is 16.8. The van der Waals surface area contributed by atoms with Crippen LogP contribution in [0, 0.1) is 13.8 Å². The number of benzene rings is 2. The number of carbonyl (C=O) groups is 1. The van der Waals surface area contributed by atoms with E-state index in [1.165, 1.54) is 10.6 Å². The van der Waals surface area contributed by atoms with Gasteiger partial charge in [-0.25, -0.2) is 0 Å². The molecule has 0 bridgehead atoms. The number of aromatic nitrogens is 4. The summed E-state index contributed by atoms with van der Waals surface area (Å²) in [5.41, 5.74) is 2.71. The van der Waals surface area contributed by atoms with Crippen LogP contribution < -0.4 is 10.9 Å². The number of fused-ring (bicyclic) bond motifs is 1. The van der Waals surface area contributed by atoms with E-state index in [-0.39, 0.29) is 23.8 Å². The molecule has 9 heteroatoms. The Morgan fingerprint density at radius 1 is 1.09 bits per heavy atom. The number of aryl methyl sites for hydroxylation is 2. The SMILES string of the molecule is Cc1ccc(NC(=O)Cn2c(C)cc(=O)n3nc(-c4ccc(C5(O)CCOCC5)cc4)nc23)cc1. The minimum Gasteiger partial charge on any atom is -0.385 e. The lowest BCUT2D eigenvalue weighted by molar-refractivity contribution is -0.116. The molecule has 2 aromatic heterocycles. The molecule has 3 heterocycles. The van der Waals surface area contributed by atoms with Crippen molar-refractivity contribution in [2.75, 3.05) is 18.5 Å². The van der Waals surface area contributed by atoms with E-state index in [4.69, 9.17) is 4.74 Å². The maximum atomic E-state index is 12.7. The fraction of sp³-hybridized carbons (Fsp3) is 0.308. The van der Waals surface area contributed by atoms with E-state index >= 15 is 0 Å². The van der Waals surface area contributed by atoms with Crippen molar-refractivity contribution < 1.29 is 14.6 Å². The predicted octanol–water partition coefficient (Wildman–Crippen LogP) is 2.81. The van der Waals surface area contributed by atoms with Crippen molar-refractivity contribution in [2.45, 2.75) is 38.8 Å². The Kier molecular flexibility index (Phi) is 5.96. The third kappa shape index (κ3) is 4.60. The molecule has 180 valence electrons. The molecule has 35 heavy (non-hydrogen) atoms. The molecule has 0 radical (unpaired) electrons. The molecule has 0 atom stereocenters. The molecule has 0 unspecified atom stereocenters. The van der Waals surface area contributed by atoms with Crippen LogP contribution in [0.1, 0.15) is 29.7 Å². The Hall–Kier alpha value is -3.82. The first-order valence-corrected chi connectivity index (χ1v) is 11.6. The summed E-state index contributed by atoms with van der Waals surface area (Å²) < 4.78 is 8.24. The summed E-state index contributed by atoms with van der Waals surface area (Å²) in [6.45, 7) is 4.77. The van der Waals surface area contributed by atoms with E-state index < -0.39 is 5.60 Å². The largest absolute Gasteiger partial charge is 0.385 e. The molecule has 0 saturated carbocycles. The van der Waals surface area contributed by atoms with Gasteiger partial charge < -0.3 is 19.7 Å². The van der Waals surface area contributed by atoms with Gasteiger partial charge in [0.2, 0.25) is 11.7 Å². The Morgan fingerprint density at radius 2 is 1.77 bits per heavy atom. The zero-order valence-electron chi connectivity index (χ0n) is 19.7. The van der Waals surface area contributed by atoms with Gasteiger partial charge in [-0.15, -0.1) is 5.10 Å². The molecule has 0 aliphatic carbocycles. The number of amides is 1. The zero-order valence-corrected chi connectivity index (χ0v) is 19.7. The van der Waals surface area contributed by atoms with Crippen LogP contribution in [0.4, 0.5) is 5.69 Å². The van der Waals surface area contributed by atoms with Gasteiger partial charge in [-0.05, 0) is 31.5 Å². The van der Waals surface area contributed by atoms with Gasteiger partial charge in [0, 0.05) is 49.1 Å². The van der Waals surface area contributed by atoms with Gasteiger partial charge in [-0.2, -0.15) is 9.50 Å². The average molecular weight is 474 g/mol. The van der Waals surface area contributed by atoms with E-state index in [1.807, 2.05) is 55.5 Å². The number of nitrogens with one attached hydrogen (secondary N) is 1. The Labute approximate surface area is 202 Å². The highest BCUT2D eigenvalue weighted by Gasteiger charge is 2.31. The van der Waals surface area contributed by atoms with E-state index in [0.717, 1.165) is 11.1 Å².